The van der Waals surface area contributed by atoms with E-state index < -0.39 is 6.23 Å². The van der Waals surface area contributed by atoms with E-state index in [1.807, 2.05) is 0 Å². The molecule has 0 fully saturated rings. The van der Waals surface area contributed by atoms with Crippen LogP contribution in [0.3, 0.4) is 0 Å². The molecule has 1 atom stereocenters. The van der Waals surface area contributed by atoms with Gasteiger partial charge in [-0.25, -0.2) is 4.98 Å². The molecule has 0 spiro atoms. The number of aromatic hydroxyl groups is 1. The van der Waals surface area contributed by atoms with E-state index in [4.69, 9.17) is 0 Å². The SMILES string of the molecule is Oc1ccc(Br)cc1C(O)Nc1nccs1. The fourth-order valence-electron chi connectivity index (χ4n) is 1.23. The molecule has 1 aromatic heterocycles. The Morgan fingerprint density at radius 3 is 2.94 bits per heavy atom. The fraction of sp³-hybridized carbons (Fsp3) is 0.100. The number of hydrogen-bond acceptors (Lipinski definition) is 5. The van der Waals surface area contributed by atoms with Gasteiger partial charge in [-0.3, -0.25) is 0 Å². The monoisotopic (exact) mass is 300 g/mol. The summed E-state index contributed by atoms with van der Waals surface area (Å²) in [5.74, 6) is 0.0414. The van der Waals surface area contributed by atoms with Crippen molar-refractivity contribution < 1.29 is 10.2 Å². The molecule has 1 aromatic carbocycles. The zero-order valence-corrected chi connectivity index (χ0v) is 10.5. The van der Waals surface area contributed by atoms with Crippen molar-refractivity contribution in [1.82, 2.24) is 4.98 Å². The average molecular weight is 301 g/mol. The van der Waals surface area contributed by atoms with Crippen LogP contribution in [0.4, 0.5) is 5.13 Å². The van der Waals surface area contributed by atoms with Crippen LogP contribution in [0.1, 0.15) is 11.8 Å². The Bertz CT molecular complexity index is 476. The molecule has 0 bridgehead atoms. The number of nitrogens with zero attached hydrogens (tertiary/aromatic N) is 1. The van der Waals surface area contributed by atoms with Crippen molar-refractivity contribution in [3.05, 3.63) is 39.8 Å². The minimum atomic E-state index is -0.983. The van der Waals surface area contributed by atoms with Gasteiger partial charge in [-0.1, -0.05) is 15.9 Å². The Balaban J connectivity index is 2.20. The number of phenolic OH excluding ortho intramolecular Hbond substituents is 1. The number of anilines is 1. The molecule has 1 heterocycles. The highest BCUT2D eigenvalue weighted by atomic mass is 79.9. The Kier molecular flexibility index (Phi) is 3.42. The molecule has 2 aromatic rings. The van der Waals surface area contributed by atoms with Gasteiger partial charge in [0.2, 0.25) is 0 Å². The van der Waals surface area contributed by atoms with Gasteiger partial charge in [-0.2, -0.15) is 0 Å². The van der Waals surface area contributed by atoms with Gasteiger partial charge < -0.3 is 15.5 Å². The van der Waals surface area contributed by atoms with E-state index in [2.05, 4.69) is 26.2 Å². The van der Waals surface area contributed by atoms with Crippen molar-refractivity contribution in [1.29, 1.82) is 0 Å². The molecule has 0 saturated heterocycles. The molecule has 4 nitrogen and oxygen atoms in total. The van der Waals surface area contributed by atoms with E-state index in [0.29, 0.717) is 10.7 Å². The molecule has 0 radical (unpaired) electrons. The van der Waals surface area contributed by atoms with Crippen molar-refractivity contribution in [3.63, 3.8) is 0 Å². The Morgan fingerprint density at radius 2 is 2.25 bits per heavy atom. The predicted octanol–water partition coefficient (Wildman–Crippen LogP) is 2.71. The first-order valence-electron chi connectivity index (χ1n) is 4.49. The first-order chi connectivity index (χ1) is 7.66. The number of rotatable bonds is 3. The molecule has 3 N–H and O–H groups in total. The minimum Gasteiger partial charge on any atom is -0.507 e. The van der Waals surface area contributed by atoms with E-state index in [9.17, 15) is 10.2 Å². The quantitative estimate of drug-likeness (QED) is 0.763. The number of thiazole rings is 1. The number of benzene rings is 1. The predicted molar refractivity (Wildman–Crippen MR) is 66.5 cm³/mol. The molecule has 16 heavy (non-hydrogen) atoms. The van der Waals surface area contributed by atoms with Crippen LogP contribution in [0.5, 0.6) is 5.75 Å². The maximum Gasteiger partial charge on any atom is 0.184 e. The van der Waals surface area contributed by atoms with E-state index >= 15 is 0 Å². The van der Waals surface area contributed by atoms with Crippen molar-refractivity contribution in [3.8, 4) is 5.75 Å². The molecule has 84 valence electrons. The lowest BCUT2D eigenvalue weighted by atomic mass is 10.2. The van der Waals surface area contributed by atoms with Gasteiger partial charge in [0.05, 0.1) is 0 Å². The maximum atomic E-state index is 9.87. The summed E-state index contributed by atoms with van der Waals surface area (Å²) in [6, 6.07) is 4.88. The van der Waals surface area contributed by atoms with Crippen LogP contribution in [0.25, 0.3) is 0 Å². The maximum absolute atomic E-state index is 9.87. The molecule has 2 rings (SSSR count). The molecule has 1 unspecified atom stereocenters. The van der Waals surface area contributed by atoms with Crippen molar-refractivity contribution in [2.24, 2.45) is 0 Å². The lowest BCUT2D eigenvalue weighted by Crippen LogP contribution is -2.09. The Labute approximate surface area is 105 Å². The first-order valence-corrected chi connectivity index (χ1v) is 6.16. The van der Waals surface area contributed by atoms with E-state index in [-0.39, 0.29) is 5.75 Å². The lowest BCUT2D eigenvalue weighted by Gasteiger charge is -2.13. The van der Waals surface area contributed by atoms with Gasteiger partial charge in [-0.05, 0) is 18.2 Å². The third-order valence-electron chi connectivity index (χ3n) is 1.98. The summed E-state index contributed by atoms with van der Waals surface area (Å²) in [6.07, 6.45) is 0.657. The zero-order chi connectivity index (χ0) is 11.5. The molecular formula is C10H9BrN2O2S. The van der Waals surface area contributed by atoms with Crippen molar-refractivity contribution >= 4 is 32.4 Å². The number of hydrogen-bond donors (Lipinski definition) is 3. The Hall–Kier alpha value is -1.11. The number of aliphatic hydroxyl groups is 1. The smallest absolute Gasteiger partial charge is 0.184 e. The normalized spacial score (nSPS) is 12.4. The second-order valence-corrected chi connectivity index (χ2v) is 4.90. The van der Waals surface area contributed by atoms with Crippen LogP contribution in [-0.4, -0.2) is 15.2 Å². The molecule has 0 aliphatic carbocycles. The van der Waals surface area contributed by atoms with E-state index in [0.717, 1.165) is 4.47 Å². The molecular weight excluding hydrogens is 292 g/mol. The number of aliphatic hydroxyl groups excluding tert-OH is 1. The second kappa shape index (κ2) is 4.82. The van der Waals surface area contributed by atoms with E-state index in [1.54, 1.807) is 23.7 Å². The summed E-state index contributed by atoms with van der Waals surface area (Å²) in [7, 11) is 0. The number of halogens is 1. The summed E-state index contributed by atoms with van der Waals surface area (Å²) in [4.78, 5) is 3.99. The van der Waals surface area contributed by atoms with Crippen LogP contribution < -0.4 is 5.32 Å². The molecule has 0 amide bonds. The zero-order valence-electron chi connectivity index (χ0n) is 8.09. The highest BCUT2D eigenvalue weighted by molar-refractivity contribution is 9.10. The van der Waals surface area contributed by atoms with Crippen molar-refractivity contribution in [2.75, 3.05) is 5.32 Å². The number of nitrogens with one attached hydrogen (secondary N) is 1. The molecule has 0 saturated carbocycles. The van der Waals surface area contributed by atoms with Gasteiger partial charge >= 0.3 is 0 Å². The molecule has 0 aliphatic rings. The van der Waals surface area contributed by atoms with Crippen LogP contribution in [0.2, 0.25) is 0 Å². The molecule has 6 heteroatoms. The third kappa shape index (κ3) is 2.52. The number of phenols is 1. The summed E-state index contributed by atoms with van der Waals surface area (Å²) >= 11 is 4.66. The van der Waals surface area contributed by atoms with Gasteiger partial charge in [0.25, 0.3) is 0 Å². The summed E-state index contributed by atoms with van der Waals surface area (Å²) in [5, 5.41) is 24.7. The first kappa shape index (κ1) is 11.4. The average Bonchev–Trinajstić information content (AvgIpc) is 2.74. The topological polar surface area (TPSA) is 65.4 Å². The summed E-state index contributed by atoms with van der Waals surface area (Å²) in [6.45, 7) is 0. The standard InChI is InChI=1S/C10H9BrN2O2S/c11-6-1-2-8(14)7(5-6)9(15)13-10-12-3-4-16-10/h1-5,9,14-15H,(H,12,13). The number of aromatic nitrogens is 1. The lowest BCUT2D eigenvalue weighted by molar-refractivity contribution is 0.203. The van der Waals surface area contributed by atoms with Gasteiger partial charge in [0.1, 0.15) is 5.75 Å². The van der Waals surface area contributed by atoms with Crippen LogP contribution in [0, 0.1) is 0 Å². The minimum absolute atomic E-state index is 0.0414. The highest BCUT2D eigenvalue weighted by Crippen LogP contribution is 2.28. The van der Waals surface area contributed by atoms with Gasteiger partial charge in [0.15, 0.2) is 11.4 Å². The second-order valence-electron chi connectivity index (χ2n) is 3.09. The van der Waals surface area contributed by atoms with E-state index in [1.165, 1.54) is 17.4 Å². The summed E-state index contributed by atoms with van der Waals surface area (Å²) < 4.78 is 0.792. The van der Waals surface area contributed by atoms with Crippen LogP contribution in [0.15, 0.2) is 34.2 Å². The van der Waals surface area contributed by atoms with Crippen molar-refractivity contribution in [2.45, 2.75) is 6.23 Å². The molecule has 0 aliphatic heterocycles. The largest absolute Gasteiger partial charge is 0.507 e. The van der Waals surface area contributed by atoms with Gasteiger partial charge in [0, 0.05) is 21.6 Å². The van der Waals surface area contributed by atoms with Crippen LogP contribution in [-0.2, 0) is 0 Å². The third-order valence-corrected chi connectivity index (χ3v) is 3.17. The highest BCUT2D eigenvalue weighted by Gasteiger charge is 2.13. The van der Waals surface area contributed by atoms with Crippen LogP contribution >= 0.6 is 27.3 Å². The fourth-order valence-corrected chi connectivity index (χ4v) is 2.16. The van der Waals surface area contributed by atoms with Gasteiger partial charge in [-0.15, -0.1) is 11.3 Å². The summed E-state index contributed by atoms with van der Waals surface area (Å²) in [5.41, 5.74) is 0.407. The Morgan fingerprint density at radius 1 is 1.44 bits per heavy atom.